The lowest BCUT2D eigenvalue weighted by Gasteiger charge is -2.29. The smallest absolute Gasteiger partial charge is 0.270 e. The Morgan fingerprint density at radius 1 is 1.06 bits per heavy atom. The minimum Gasteiger partial charge on any atom is -0.496 e. The summed E-state index contributed by atoms with van der Waals surface area (Å²) in [5.74, 6) is 0.128. The minimum atomic E-state index is -0.559. The van der Waals surface area contributed by atoms with Crippen LogP contribution in [0, 0.1) is 0 Å². The zero-order valence-electron chi connectivity index (χ0n) is 17.7. The van der Waals surface area contributed by atoms with Crippen molar-refractivity contribution in [3.05, 3.63) is 52.0 Å². The van der Waals surface area contributed by atoms with E-state index in [4.69, 9.17) is 21.7 Å². The summed E-state index contributed by atoms with van der Waals surface area (Å²) in [5, 5.41) is 2.64. The average Bonchev–Trinajstić information content (AvgIpc) is 3.30. The fourth-order valence-corrected chi connectivity index (χ4v) is 4.55. The lowest BCUT2D eigenvalue weighted by atomic mass is 10.0. The van der Waals surface area contributed by atoms with E-state index in [1.807, 2.05) is 12.1 Å². The standard InChI is InChI=1S/C23H22BrN3O4S/c1-30-19-13-18(26-8-3-4-9-26)20(31-2)11-14(19)10-17-21(28)25-23(32)27(22(17)29)16-7-5-6-15(24)12-16/h5-7,10-13H,3-4,8-9H2,1-2H3,(H,25,28,32)/b17-10+. The van der Waals surface area contributed by atoms with E-state index in [1.54, 1.807) is 38.5 Å². The second-order valence-corrected chi connectivity index (χ2v) is 8.70. The Morgan fingerprint density at radius 2 is 1.78 bits per heavy atom. The molecule has 32 heavy (non-hydrogen) atoms. The molecule has 2 amide bonds. The van der Waals surface area contributed by atoms with Gasteiger partial charge in [0.05, 0.1) is 25.6 Å². The second-order valence-electron chi connectivity index (χ2n) is 7.40. The third-order valence-electron chi connectivity index (χ3n) is 5.45. The summed E-state index contributed by atoms with van der Waals surface area (Å²) in [6.07, 6.45) is 3.76. The van der Waals surface area contributed by atoms with Crippen LogP contribution in [0.5, 0.6) is 11.5 Å². The molecule has 9 heteroatoms. The fourth-order valence-electron chi connectivity index (χ4n) is 3.89. The molecule has 0 aliphatic carbocycles. The average molecular weight is 516 g/mol. The number of anilines is 2. The van der Waals surface area contributed by atoms with Crippen molar-refractivity contribution in [3.63, 3.8) is 0 Å². The van der Waals surface area contributed by atoms with Gasteiger partial charge >= 0.3 is 0 Å². The van der Waals surface area contributed by atoms with E-state index in [0.717, 1.165) is 36.1 Å². The molecule has 2 aliphatic rings. The van der Waals surface area contributed by atoms with Crippen molar-refractivity contribution < 1.29 is 19.1 Å². The zero-order valence-corrected chi connectivity index (χ0v) is 20.1. The van der Waals surface area contributed by atoms with Crippen LogP contribution in [0.2, 0.25) is 0 Å². The van der Waals surface area contributed by atoms with Crippen LogP contribution in [0.4, 0.5) is 11.4 Å². The zero-order chi connectivity index (χ0) is 22.8. The highest BCUT2D eigenvalue weighted by Crippen LogP contribution is 2.38. The van der Waals surface area contributed by atoms with Crippen LogP contribution < -0.4 is 24.6 Å². The molecule has 2 saturated heterocycles. The van der Waals surface area contributed by atoms with Crippen LogP contribution in [0.3, 0.4) is 0 Å². The van der Waals surface area contributed by atoms with Gasteiger partial charge in [-0.2, -0.15) is 0 Å². The van der Waals surface area contributed by atoms with Crippen molar-refractivity contribution in [2.45, 2.75) is 12.8 Å². The lowest BCUT2D eigenvalue weighted by Crippen LogP contribution is -2.54. The number of methoxy groups -OCH3 is 2. The molecule has 4 rings (SSSR count). The number of nitrogens with one attached hydrogen (secondary N) is 1. The van der Waals surface area contributed by atoms with Gasteiger partial charge in [-0.05, 0) is 55.4 Å². The number of hydrogen-bond donors (Lipinski definition) is 1. The Bertz CT molecular complexity index is 1130. The predicted octanol–water partition coefficient (Wildman–Crippen LogP) is 3.90. The van der Waals surface area contributed by atoms with Crippen LogP contribution in [-0.4, -0.2) is 44.2 Å². The van der Waals surface area contributed by atoms with Gasteiger partial charge in [-0.15, -0.1) is 0 Å². The lowest BCUT2D eigenvalue weighted by molar-refractivity contribution is -0.122. The van der Waals surface area contributed by atoms with E-state index in [0.29, 0.717) is 22.7 Å². The summed E-state index contributed by atoms with van der Waals surface area (Å²) in [4.78, 5) is 29.5. The molecule has 2 fully saturated rings. The first kappa shape index (κ1) is 22.3. The molecule has 0 aromatic heterocycles. The quantitative estimate of drug-likeness (QED) is 0.370. The van der Waals surface area contributed by atoms with Crippen molar-refractivity contribution in [3.8, 4) is 11.5 Å². The predicted molar refractivity (Wildman–Crippen MR) is 131 cm³/mol. The highest BCUT2D eigenvalue weighted by atomic mass is 79.9. The van der Waals surface area contributed by atoms with Gasteiger partial charge in [-0.25, -0.2) is 0 Å². The van der Waals surface area contributed by atoms with E-state index in [-0.39, 0.29) is 10.7 Å². The van der Waals surface area contributed by atoms with Crippen LogP contribution in [0.25, 0.3) is 6.08 Å². The summed E-state index contributed by atoms with van der Waals surface area (Å²) >= 11 is 8.67. The number of carbonyl (C=O) groups excluding carboxylic acids is 2. The van der Waals surface area contributed by atoms with Crippen molar-refractivity contribution in [2.24, 2.45) is 0 Å². The third kappa shape index (κ3) is 4.22. The van der Waals surface area contributed by atoms with Gasteiger partial charge in [-0.3, -0.25) is 19.8 Å². The summed E-state index contributed by atoms with van der Waals surface area (Å²) in [6.45, 7) is 1.89. The van der Waals surface area contributed by atoms with E-state index < -0.39 is 11.8 Å². The highest BCUT2D eigenvalue weighted by Gasteiger charge is 2.35. The van der Waals surface area contributed by atoms with Gasteiger partial charge in [-0.1, -0.05) is 22.0 Å². The molecule has 1 N–H and O–H groups in total. The molecule has 166 valence electrons. The number of benzene rings is 2. The van der Waals surface area contributed by atoms with Crippen LogP contribution in [-0.2, 0) is 9.59 Å². The Balaban J connectivity index is 1.76. The molecule has 0 saturated carbocycles. The molecule has 2 heterocycles. The van der Waals surface area contributed by atoms with Crippen LogP contribution in [0.1, 0.15) is 18.4 Å². The van der Waals surface area contributed by atoms with Gasteiger partial charge in [0.1, 0.15) is 17.1 Å². The number of carbonyl (C=O) groups is 2. The number of hydrogen-bond acceptors (Lipinski definition) is 6. The maximum atomic E-state index is 13.3. The molecule has 0 unspecified atom stereocenters. The SMILES string of the molecule is COc1cc(N2CCCC2)c(OC)cc1/C=C1\C(=O)NC(=S)N(c2cccc(Br)c2)C1=O. The number of ether oxygens (including phenoxy) is 2. The summed E-state index contributed by atoms with van der Waals surface area (Å²) in [5.41, 5.74) is 2.00. The van der Waals surface area contributed by atoms with Crippen molar-refractivity contribution in [1.82, 2.24) is 5.32 Å². The topological polar surface area (TPSA) is 71.1 Å². The third-order valence-corrected chi connectivity index (χ3v) is 6.22. The van der Waals surface area contributed by atoms with Gasteiger partial charge in [0.15, 0.2) is 5.11 Å². The normalized spacial score (nSPS) is 17.7. The second kappa shape index (κ2) is 9.30. The van der Waals surface area contributed by atoms with E-state index in [9.17, 15) is 9.59 Å². The molecular weight excluding hydrogens is 494 g/mol. The van der Waals surface area contributed by atoms with E-state index in [1.165, 1.54) is 11.0 Å². The summed E-state index contributed by atoms with van der Waals surface area (Å²) in [7, 11) is 3.16. The molecule has 2 aliphatic heterocycles. The van der Waals surface area contributed by atoms with Gasteiger partial charge in [0.2, 0.25) is 0 Å². The number of rotatable bonds is 5. The van der Waals surface area contributed by atoms with Gasteiger partial charge in [0, 0.05) is 29.2 Å². The number of amides is 2. The monoisotopic (exact) mass is 515 g/mol. The minimum absolute atomic E-state index is 0.0316. The maximum absolute atomic E-state index is 13.3. The van der Waals surface area contributed by atoms with Gasteiger partial charge < -0.3 is 14.4 Å². The first-order chi connectivity index (χ1) is 15.4. The molecule has 7 nitrogen and oxygen atoms in total. The Labute approximate surface area is 200 Å². The van der Waals surface area contributed by atoms with Gasteiger partial charge in [0.25, 0.3) is 11.8 Å². The molecule has 0 atom stereocenters. The molecule has 0 bridgehead atoms. The Kier molecular flexibility index (Phi) is 6.48. The maximum Gasteiger partial charge on any atom is 0.270 e. The first-order valence-electron chi connectivity index (χ1n) is 10.1. The largest absolute Gasteiger partial charge is 0.496 e. The van der Waals surface area contributed by atoms with Crippen molar-refractivity contribution >= 4 is 62.5 Å². The van der Waals surface area contributed by atoms with Crippen molar-refractivity contribution in [1.29, 1.82) is 0 Å². The molecule has 0 spiro atoms. The fraction of sp³-hybridized carbons (Fsp3) is 0.261. The Hall–Kier alpha value is -2.91. The number of nitrogens with zero attached hydrogens (tertiary/aromatic N) is 2. The Morgan fingerprint density at radius 3 is 2.44 bits per heavy atom. The van der Waals surface area contributed by atoms with Crippen LogP contribution in [0.15, 0.2) is 46.4 Å². The van der Waals surface area contributed by atoms with Crippen molar-refractivity contribution in [2.75, 3.05) is 37.1 Å². The van der Waals surface area contributed by atoms with E-state index >= 15 is 0 Å². The molecule has 2 aromatic rings. The summed E-state index contributed by atoms with van der Waals surface area (Å²) < 4.78 is 12.0. The highest BCUT2D eigenvalue weighted by molar-refractivity contribution is 9.10. The molecule has 0 radical (unpaired) electrons. The summed E-state index contributed by atoms with van der Waals surface area (Å²) in [6, 6.07) is 10.8. The first-order valence-corrected chi connectivity index (χ1v) is 11.3. The van der Waals surface area contributed by atoms with Crippen LogP contribution >= 0.6 is 28.1 Å². The number of halogens is 1. The molecular formula is C23H22BrN3O4S. The molecule has 2 aromatic carbocycles. The van der Waals surface area contributed by atoms with E-state index in [2.05, 4.69) is 26.1 Å². The number of thiocarbonyl (C=S) groups is 1.